The van der Waals surface area contributed by atoms with Gasteiger partial charge in [0, 0.05) is 18.2 Å². The first-order valence-electron chi connectivity index (χ1n) is 6.11. The Morgan fingerprint density at radius 2 is 1.94 bits per heavy atom. The zero-order chi connectivity index (χ0) is 13.1. The molecule has 0 aliphatic rings. The van der Waals surface area contributed by atoms with Gasteiger partial charge < -0.3 is 10.3 Å². The van der Waals surface area contributed by atoms with E-state index in [1.807, 2.05) is 6.92 Å². The Bertz CT molecular complexity index is 514. The van der Waals surface area contributed by atoms with Gasteiger partial charge in [0.05, 0.1) is 11.4 Å². The van der Waals surface area contributed by atoms with Gasteiger partial charge in [-0.05, 0) is 31.2 Å². The average Bonchev–Trinajstić information content (AvgIpc) is 2.69. The van der Waals surface area contributed by atoms with Crippen LogP contribution in [0.1, 0.15) is 25.4 Å². The van der Waals surface area contributed by atoms with Crippen molar-refractivity contribution in [1.82, 2.24) is 15.3 Å². The minimum Gasteiger partial charge on any atom is -0.345 e. The van der Waals surface area contributed by atoms with Crippen LogP contribution in [-0.4, -0.2) is 16.0 Å². The van der Waals surface area contributed by atoms with Crippen LogP contribution in [0, 0.1) is 12.7 Å². The van der Waals surface area contributed by atoms with Gasteiger partial charge in [0.15, 0.2) is 0 Å². The molecule has 0 saturated heterocycles. The van der Waals surface area contributed by atoms with Crippen LogP contribution in [0.25, 0.3) is 11.3 Å². The minimum absolute atomic E-state index is 0.229. The number of H-pyrrole nitrogens is 1. The standard InChI is InChI=1S/C14H18FN3/c1-9(2)16-8-13-14(18-10(3)17-13)11-4-6-12(15)7-5-11/h4-7,9,16H,8H2,1-3H3,(H,17,18). The third-order valence-electron chi connectivity index (χ3n) is 2.70. The van der Waals surface area contributed by atoms with Crippen molar-refractivity contribution >= 4 is 0 Å². The Balaban J connectivity index is 2.29. The molecule has 0 radical (unpaired) electrons. The monoisotopic (exact) mass is 247 g/mol. The van der Waals surface area contributed by atoms with Crippen molar-refractivity contribution < 1.29 is 4.39 Å². The number of benzene rings is 1. The highest BCUT2D eigenvalue weighted by atomic mass is 19.1. The lowest BCUT2D eigenvalue weighted by atomic mass is 10.1. The van der Waals surface area contributed by atoms with Crippen molar-refractivity contribution in [1.29, 1.82) is 0 Å². The lowest BCUT2D eigenvalue weighted by Gasteiger charge is -2.08. The molecule has 2 N–H and O–H groups in total. The largest absolute Gasteiger partial charge is 0.345 e. The summed E-state index contributed by atoms with van der Waals surface area (Å²) >= 11 is 0. The highest BCUT2D eigenvalue weighted by molar-refractivity contribution is 5.62. The van der Waals surface area contributed by atoms with Crippen LogP contribution in [0.15, 0.2) is 24.3 Å². The van der Waals surface area contributed by atoms with Crippen LogP contribution in [0.2, 0.25) is 0 Å². The Morgan fingerprint density at radius 1 is 1.28 bits per heavy atom. The summed E-state index contributed by atoms with van der Waals surface area (Å²) in [6.45, 7) is 6.85. The van der Waals surface area contributed by atoms with Crippen LogP contribution in [-0.2, 0) is 6.54 Å². The summed E-state index contributed by atoms with van der Waals surface area (Å²) in [5, 5.41) is 3.35. The van der Waals surface area contributed by atoms with E-state index in [0.29, 0.717) is 6.04 Å². The molecule has 96 valence electrons. The SMILES string of the molecule is Cc1nc(-c2ccc(F)cc2)c(CNC(C)C)[nH]1. The van der Waals surface area contributed by atoms with Crippen LogP contribution in [0.3, 0.4) is 0 Å². The smallest absolute Gasteiger partial charge is 0.123 e. The molecule has 0 spiro atoms. The summed E-state index contributed by atoms with van der Waals surface area (Å²) in [6, 6.07) is 6.83. The van der Waals surface area contributed by atoms with Crippen molar-refractivity contribution in [2.75, 3.05) is 0 Å². The van der Waals surface area contributed by atoms with E-state index in [-0.39, 0.29) is 5.82 Å². The number of halogens is 1. The summed E-state index contributed by atoms with van der Waals surface area (Å²) < 4.78 is 12.9. The van der Waals surface area contributed by atoms with E-state index in [9.17, 15) is 4.39 Å². The molecular weight excluding hydrogens is 229 g/mol. The molecule has 1 aromatic carbocycles. The van der Waals surface area contributed by atoms with E-state index >= 15 is 0 Å². The first-order chi connectivity index (χ1) is 8.56. The van der Waals surface area contributed by atoms with E-state index in [1.54, 1.807) is 12.1 Å². The van der Waals surface area contributed by atoms with Gasteiger partial charge in [0.25, 0.3) is 0 Å². The van der Waals surface area contributed by atoms with E-state index in [0.717, 1.165) is 29.3 Å². The second kappa shape index (κ2) is 5.31. The molecule has 0 unspecified atom stereocenters. The molecule has 0 aliphatic heterocycles. The maximum Gasteiger partial charge on any atom is 0.123 e. The fraction of sp³-hybridized carbons (Fsp3) is 0.357. The maximum atomic E-state index is 12.9. The van der Waals surface area contributed by atoms with Crippen molar-refractivity contribution in [2.45, 2.75) is 33.4 Å². The van der Waals surface area contributed by atoms with Crippen molar-refractivity contribution in [3.8, 4) is 11.3 Å². The number of nitrogens with zero attached hydrogens (tertiary/aromatic N) is 1. The molecule has 0 amide bonds. The first-order valence-corrected chi connectivity index (χ1v) is 6.11. The number of imidazole rings is 1. The minimum atomic E-state index is -0.229. The summed E-state index contributed by atoms with van der Waals surface area (Å²) in [5.41, 5.74) is 2.86. The summed E-state index contributed by atoms with van der Waals surface area (Å²) in [7, 11) is 0. The summed E-state index contributed by atoms with van der Waals surface area (Å²) in [5.74, 6) is 0.641. The van der Waals surface area contributed by atoms with Gasteiger partial charge in [0.2, 0.25) is 0 Å². The maximum absolute atomic E-state index is 12.9. The van der Waals surface area contributed by atoms with E-state index in [2.05, 4.69) is 29.1 Å². The Kier molecular flexibility index (Phi) is 3.77. The molecule has 0 atom stereocenters. The molecule has 1 aromatic heterocycles. The molecule has 18 heavy (non-hydrogen) atoms. The zero-order valence-corrected chi connectivity index (χ0v) is 10.9. The fourth-order valence-corrected chi connectivity index (χ4v) is 1.82. The van der Waals surface area contributed by atoms with Crippen molar-refractivity contribution in [3.05, 3.63) is 41.6 Å². The number of rotatable bonds is 4. The van der Waals surface area contributed by atoms with Gasteiger partial charge in [-0.1, -0.05) is 13.8 Å². The molecule has 3 nitrogen and oxygen atoms in total. The summed E-state index contributed by atoms with van der Waals surface area (Å²) in [6.07, 6.45) is 0. The van der Waals surface area contributed by atoms with Crippen molar-refractivity contribution in [3.63, 3.8) is 0 Å². The Labute approximate surface area is 106 Å². The summed E-state index contributed by atoms with van der Waals surface area (Å²) in [4.78, 5) is 7.72. The van der Waals surface area contributed by atoms with Gasteiger partial charge >= 0.3 is 0 Å². The van der Waals surface area contributed by atoms with Crippen LogP contribution < -0.4 is 5.32 Å². The fourth-order valence-electron chi connectivity index (χ4n) is 1.82. The third-order valence-corrected chi connectivity index (χ3v) is 2.70. The normalized spacial score (nSPS) is 11.2. The van der Waals surface area contributed by atoms with Gasteiger partial charge in [-0.3, -0.25) is 0 Å². The lowest BCUT2D eigenvalue weighted by molar-refractivity contribution is 0.583. The zero-order valence-electron chi connectivity index (χ0n) is 10.9. The molecule has 0 saturated carbocycles. The van der Waals surface area contributed by atoms with Gasteiger partial charge in [0.1, 0.15) is 11.6 Å². The number of hydrogen-bond donors (Lipinski definition) is 2. The van der Waals surface area contributed by atoms with Crippen LogP contribution >= 0.6 is 0 Å². The van der Waals surface area contributed by atoms with Gasteiger partial charge in [-0.15, -0.1) is 0 Å². The Hall–Kier alpha value is -1.68. The molecular formula is C14H18FN3. The lowest BCUT2D eigenvalue weighted by Crippen LogP contribution is -2.22. The van der Waals surface area contributed by atoms with E-state index in [1.165, 1.54) is 12.1 Å². The predicted molar refractivity (Wildman–Crippen MR) is 70.7 cm³/mol. The second-order valence-corrected chi connectivity index (χ2v) is 4.69. The second-order valence-electron chi connectivity index (χ2n) is 4.69. The van der Waals surface area contributed by atoms with Crippen molar-refractivity contribution in [2.24, 2.45) is 0 Å². The molecule has 2 rings (SSSR count). The number of aromatic nitrogens is 2. The molecule has 0 bridgehead atoms. The van der Waals surface area contributed by atoms with Crippen LogP contribution in [0.4, 0.5) is 4.39 Å². The molecule has 0 aliphatic carbocycles. The third kappa shape index (κ3) is 2.96. The van der Waals surface area contributed by atoms with E-state index < -0.39 is 0 Å². The highest BCUT2D eigenvalue weighted by Crippen LogP contribution is 2.21. The number of nitrogens with one attached hydrogen (secondary N) is 2. The quantitative estimate of drug-likeness (QED) is 0.872. The molecule has 2 aromatic rings. The molecule has 4 heteroatoms. The van der Waals surface area contributed by atoms with Gasteiger partial charge in [-0.2, -0.15) is 0 Å². The van der Waals surface area contributed by atoms with Crippen LogP contribution in [0.5, 0.6) is 0 Å². The number of hydrogen-bond acceptors (Lipinski definition) is 2. The molecule has 1 heterocycles. The predicted octanol–water partition coefficient (Wildman–Crippen LogP) is 3.02. The van der Waals surface area contributed by atoms with E-state index in [4.69, 9.17) is 0 Å². The highest BCUT2D eigenvalue weighted by Gasteiger charge is 2.10. The average molecular weight is 247 g/mol. The number of aryl methyl sites for hydroxylation is 1. The topological polar surface area (TPSA) is 40.7 Å². The van der Waals surface area contributed by atoms with Gasteiger partial charge in [-0.25, -0.2) is 9.37 Å². The Morgan fingerprint density at radius 3 is 2.56 bits per heavy atom. The number of aromatic amines is 1. The first kappa shape index (κ1) is 12.8. The molecule has 0 fully saturated rings.